The molecule has 4 heterocycles. The summed E-state index contributed by atoms with van der Waals surface area (Å²) in [5.74, 6) is 0.507. The van der Waals surface area contributed by atoms with Gasteiger partial charge < -0.3 is 13.6 Å². The molecule has 0 atom stereocenters. The molecule has 9 aromatic carbocycles. The van der Waals surface area contributed by atoms with E-state index < -0.39 is 0 Å². The molecular formula is C59H35N5O. The fraction of sp³-hybridized carbons (Fsp3) is 0. The van der Waals surface area contributed by atoms with E-state index >= 15 is 0 Å². The second kappa shape index (κ2) is 14.5. The van der Waals surface area contributed by atoms with Gasteiger partial charge in [-0.1, -0.05) is 164 Å². The van der Waals surface area contributed by atoms with Gasteiger partial charge in [0, 0.05) is 60.3 Å². The van der Waals surface area contributed by atoms with Crippen LogP contribution in [0.2, 0.25) is 0 Å². The van der Waals surface area contributed by atoms with Crippen molar-refractivity contribution in [1.29, 1.82) is 5.26 Å². The number of fused-ring (bicyclic) bond motifs is 10. The molecule has 4 aromatic heterocycles. The van der Waals surface area contributed by atoms with Crippen molar-refractivity contribution in [3.05, 3.63) is 218 Å². The fourth-order valence-electron chi connectivity index (χ4n) is 10.0. The maximum atomic E-state index is 10.7. The quantitative estimate of drug-likeness (QED) is 0.167. The fourth-order valence-corrected chi connectivity index (χ4v) is 10.0. The molecule has 13 rings (SSSR count). The number of hydrogen-bond acceptors (Lipinski definition) is 4. The Bertz CT molecular complexity index is 3990. The molecule has 0 aliphatic carbocycles. The van der Waals surface area contributed by atoms with Crippen molar-refractivity contribution in [2.75, 3.05) is 0 Å². The zero-order valence-electron chi connectivity index (χ0n) is 34.9. The number of nitriles is 1. The van der Waals surface area contributed by atoms with Crippen molar-refractivity contribution in [3.63, 3.8) is 0 Å². The average molecular weight is 830 g/mol. The Morgan fingerprint density at radius 2 is 0.969 bits per heavy atom. The van der Waals surface area contributed by atoms with Gasteiger partial charge in [0.25, 0.3) is 0 Å². The Balaban J connectivity index is 1.18. The Morgan fingerprint density at radius 1 is 0.431 bits per heavy atom. The normalized spacial score (nSPS) is 11.7. The Morgan fingerprint density at radius 3 is 1.62 bits per heavy atom. The summed E-state index contributed by atoms with van der Waals surface area (Å²) < 4.78 is 11.9. The van der Waals surface area contributed by atoms with E-state index in [9.17, 15) is 5.26 Å². The summed E-state index contributed by atoms with van der Waals surface area (Å²) in [6.07, 6.45) is 0. The minimum absolute atomic E-state index is 0.426. The van der Waals surface area contributed by atoms with Gasteiger partial charge in [-0.15, -0.1) is 0 Å². The van der Waals surface area contributed by atoms with Gasteiger partial charge in [0.15, 0.2) is 11.4 Å². The van der Waals surface area contributed by atoms with Crippen LogP contribution in [-0.4, -0.2) is 19.1 Å². The number of para-hydroxylation sites is 4. The van der Waals surface area contributed by atoms with Crippen LogP contribution in [0.3, 0.4) is 0 Å². The first-order valence-electron chi connectivity index (χ1n) is 21.7. The van der Waals surface area contributed by atoms with Gasteiger partial charge in [0.2, 0.25) is 0 Å². The molecule has 0 N–H and O–H groups in total. The Labute approximate surface area is 373 Å². The van der Waals surface area contributed by atoms with Crippen molar-refractivity contribution in [3.8, 4) is 62.5 Å². The van der Waals surface area contributed by atoms with E-state index in [0.717, 1.165) is 99.2 Å². The highest BCUT2D eigenvalue weighted by atomic mass is 16.3. The zero-order chi connectivity index (χ0) is 43.0. The third-order valence-electron chi connectivity index (χ3n) is 12.8. The van der Waals surface area contributed by atoms with Crippen LogP contribution in [0, 0.1) is 11.3 Å². The monoisotopic (exact) mass is 829 g/mol. The van der Waals surface area contributed by atoms with Crippen LogP contribution >= 0.6 is 0 Å². The highest BCUT2D eigenvalue weighted by Gasteiger charge is 2.28. The van der Waals surface area contributed by atoms with E-state index in [1.54, 1.807) is 0 Å². The van der Waals surface area contributed by atoms with E-state index in [1.807, 2.05) is 78.9 Å². The number of rotatable bonds is 6. The van der Waals surface area contributed by atoms with E-state index in [1.165, 1.54) is 0 Å². The molecule has 302 valence electrons. The molecule has 0 spiro atoms. The largest absolute Gasteiger partial charge is 0.454 e. The van der Waals surface area contributed by atoms with Crippen LogP contribution in [0.1, 0.15) is 5.56 Å². The summed E-state index contributed by atoms with van der Waals surface area (Å²) in [5, 5.41) is 17.2. The molecule has 6 nitrogen and oxygen atoms in total. The molecule has 0 radical (unpaired) electrons. The lowest BCUT2D eigenvalue weighted by Gasteiger charge is -2.15. The van der Waals surface area contributed by atoms with Crippen LogP contribution in [0.5, 0.6) is 0 Å². The first kappa shape index (κ1) is 36.6. The standard InChI is InChI=1S/C59H35N5O/c60-36-47-54(38-21-7-2-8-22-38)61-59(62-55(47)39-23-9-3-10-24-39)44-33-34-50(58-52(44)43-29-15-18-32-51(43)65-58)64-48-30-16-13-27-41(48)46-35-45(37-19-5-1-6-20-37)56-53(57(46)64)42-28-14-17-31-49(42)63(56)40-25-11-4-12-26-40/h1-35H. The van der Waals surface area contributed by atoms with E-state index in [2.05, 4.69) is 149 Å². The van der Waals surface area contributed by atoms with Gasteiger partial charge in [0.1, 0.15) is 17.2 Å². The second-order valence-electron chi connectivity index (χ2n) is 16.3. The molecule has 0 amide bonds. The molecule has 0 aliphatic rings. The molecule has 6 heteroatoms. The maximum Gasteiger partial charge on any atom is 0.161 e. The summed E-state index contributed by atoms with van der Waals surface area (Å²) in [5.41, 5.74) is 14.3. The summed E-state index contributed by atoms with van der Waals surface area (Å²) in [4.78, 5) is 10.5. The van der Waals surface area contributed by atoms with Crippen LogP contribution in [0.4, 0.5) is 0 Å². The minimum atomic E-state index is 0.426. The Hall–Kier alpha value is -9.05. The third kappa shape index (κ3) is 5.53. The summed E-state index contributed by atoms with van der Waals surface area (Å²) >= 11 is 0. The number of aromatic nitrogens is 4. The predicted octanol–water partition coefficient (Wildman–Crippen LogP) is 15.1. The SMILES string of the molecule is N#Cc1c(-c2ccccc2)nc(-c2ccc(-n3c4ccccc4c4cc(-c5ccccc5)c5c(c6ccccc6n5-c5ccccc5)c43)c3oc4ccccc4c23)nc1-c1ccccc1. The lowest BCUT2D eigenvalue weighted by atomic mass is 9.98. The smallest absolute Gasteiger partial charge is 0.161 e. The van der Waals surface area contributed by atoms with Crippen LogP contribution in [0.25, 0.3) is 122 Å². The number of hydrogen-bond donors (Lipinski definition) is 0. The van der Waals surface area contributed by atoms with Gasteiger partial charge in [-0.05, 0) is 54.1 Å². The Kier molecular flexibility index (Phi) is 8.17. The maximum absolute atomic E-state index is 10.7. The van der Waals surface area contributed by atoms with E-state index in [0.29, 0.717) is 28.4 Å². The lowest BCUT2D eigenvalue weighted by molar-refractivity contribution is 0.666. The molecule has 0 saturated heterocycles. The molecule has 0 unspecified atom stereocenters. The van der Waals surface area contributed by atoms with Gasteiger partial charge in [0.05, 0.1) is 39.1 Å². The number of benzene rings is 9. The van der Waals surface area contributed by atoms with Crippen molar-refractivity contribution in [1.82, 2.24) is 19.1 Å². The number of nitrogens with zero attached hydrogens (tertiary/aromatic N) is 5. The van der Waals surface area contributed by atoms with Crippen molar-refractivity contribution in [2.24, 2.45) is 0 Å². The molecule has 0 bridgehead atoms. The van der Waals surface area contributed by atoms with Crippen molar-refractivity contribution < 1.29 is 4.42 Å². The summed E-state index contributed by atoms with van der Waals surface area (Å²) in [6.45, 7) is 0. The molecule has 0 aliphatic heterocycles. The third-order valence-corrected chi connectivity index (χ3v) is 12.8. The van der Waals surface area contributed by atoms with E-state index in [-0.39, 0.29) is 0 Å². The molecule has 0 fully saturated rings. The number of furan rings is 1. The highest BCUT2D eigenvalue weighted by molar-refractivity contribution is 6.30. The van der Waals surface area contributed by atoms with Crippen molar-refractivity contribution in [2.45, 2.75) is 0 Å². The summed E-state index contributed by atoms with van der Waals surface area (Å²) in [6, 6.07) is 76.0. The van der Waals surface area contributed by atoms with Gasteiger partial charge in [-0.3, -0.25) is 0 Å². The highest BCUT2D eigenvalue weighted by Crippen LogP contribution is 2.48. The molecule has 0 saturated carbocycles. The summed E-state index contributed by atoms with van der Waals surface area (Å²) in [7, 11) is 0. The predicted molar refractivity (Wildman–Crippen MR) is 264 cm³/mol. The average Bonchev–Trinajstić information content (AvgIpc) is 4.05. The van der Waals surface area contributed by atoms with Gasteiger partial charge in [-0.2, -0.15) is 5.26 Å². The topological polar surface area (TPSA) is 72.6 Å². The molecular weight excluding hydrogens is 795 g/mol. The van der Waals surface area contributed by atoms with E-state index in [4.69, 9.17) is 14.4 Å². The zero-order valence-corrected chi connectivity index (χ0v) is 34.9. The molecule has 65 heavy (non-hydrogen) atoms. The van der Waals surface area contributed by atoms with Crippen LogP contribution in [-0.2, 0) is 0 Å². The second-order valence-corrected chi connectivity index (χ2v) is 16.3. The first-order chi connectivity index (χ1) is 32.2. The van der Waals surface area contributed by atoms with Crippen LogP contribution < -0.4 is 0 Å². The first-order valence-corrected chi connectivity index (χ1v) is 21.7. The van der Waals surface area contributed by atoms with Gasteiger partial charge >= 0.3 is 0 Å². The lowest BCUT2D eigenvalue weighted by Crippen LogP contribution is -2.02. The molecule has 13 aromatic rings. The van der Waals surface area contributed by atoms with Gasteiger partial charge in [-0.25, -0.2) is 9.97 Å². The minimum Gasteiger partial charge on any atom is -0.454 e. The van der Waals surface area contributed by atoms with Crippen molar-refractivity contribution >= 4 is 65.6 Å². The van der Waals surface area contributed by atoms with Crippen LogP contribution in [0.15, 0.2) is 217 Å².